The quantitative estimate of drug-likeness (QED) is 0.891. The molecule has 120 valence electrons. The molecular weight excluding hydrogens is 296 g/mol. The van der Waals surface area contributed by atoms with Gasteiger partial charge in [0, 0.05) is 43.2 Å². The van der Waals surface area contributed by atoms with Crippen molar-refractivity contribution >= 4 is 5.91 Å². The fraction of sp³-hybridized carbons (Fsp3) is 0.375. The molecule has 0 bridgehead atoms. The van der Waals surface area contributed by atoms with Gasteiger partial charge in [-0.15, -0.1) is 0 Å². The topological polar surface area (TPSA) is 88.2 Å². The number of hydrogen-bond acceptors (Lipinski definition) is 5. The number of carbonyl (C=O) groups excluding carboxylic acids is 1. The van der Waals surface area contributed by atoms with E-state index in [1.54, 1.807) is 29.4 Å². The molecule has 1 aliphatic heterocycles. The zero-order chi connectivity index (χ0) is 16.1. The highest BCUT2D eigenvalue weighted by Gasteiger charge is 2.24. The van der Waals surface area contributed by atoms with Gasteiger partial charge < -0.3 is 14.6 Å². The lowest BCUT2D eigenvalue weighted by atomic mass is 10.0. The molecule has 0 unspecified atom stereocenters. The molecule has 1 aliphatic rings. The molecule has 0 saturated carbocycles. The van der Waals surface area contributed by atoms with E-state index in [0.717, 1.165) is 0 Å². The fourth-order valence-corrected chi connectivity index (χ4v) is 2.68. The molecule has 1 fully saturated rings. The van der Waals surface area contributed by atoms with Crippen molar-refractivity contribution in [2.75, 3.05) is 26.3 Å². The molecule has 7 nitrogen and oxygen atoms in total. The molecule has 2 aromatic heterocycles. The largest absolute Gasteiger partial charge is 0.379 e. The van der Waals surface area contributed by atoms with E-state index in [0.29, 0.717) is 44.0 Å². The van der Waals surface area contributed by atoms with Crippen molar-refractivity contribution in [1.82, 2.24) is 19.9 Å². The third kappa shape index (κ3) is 4.01. The average molecular weight is 314 g/mol. The Morgan fingerprint density at radius 3 is 3.17 bits per heavy atom. The van der Waals surface area contributed by atoms with Crippen LogP contribution in [0.5, 0.6) is 0 Å². The molecule has 0 radical (unpaired) electrons. The highest BCUT2D eigenvalue weighted by molar-refractivity contribution is 5.93. The Morgan fingerprint density at radius 1 is 1.48 bits per heavy atom. The lowest BCUT2D eigenvalue weighted by Crippen LogP contribution is -2.36. The Morgan fingerprint density at radius 2 is 2.39 bits per heavy atom. The van der Waals surface area contributed by atoms with Gasteiger partial charge in [-0.25, -0.2) is 4.98 Å². The van der Waals surface area contributed by atoms with E-state index in [2.05, 4.69) is 15.0 Å². The first-order valence-corrected chi connectivity index (χ1v) is 7.53. The van der Waals surface area contributed by atoms with Gasteiger partial charge in [0.2, 0.25) is 0 Å². The van der Waals surface area contributed by atoms with Crippen molar-refractivity contribution in [2.45, 2.75) is 6.42 Å². The number of amides is 1. The minimum absolute atomic E-state index is 0.0486. The zero-order valence-corrected chi connectivity index (χ0v) is 12.6. The van der Waals surface area contributed by atoms with Gasteiger partial charge in [-0.2, -0.15) is 0 Å². The minimum atomic E-state index is -0.173. The highest BCUT2D eigenvalue weighted by atomic mass is 16.5. The number of H-pyrrole nitrogens is 1. The first-order chi connectivity index (χ1) is 11.2. The molecule has 3 heterocycles. The molecule has 1 amide bonds. The van der Waals surface area contributed by atoms with Crippen molar-refractivity contribution < 1.29 is 9.53 Å². The van der Waals surface area contributed by atoms with Gasteiger partial charge in [0.1, 0.15) is 0 Å². The summed E-state index contributed by atoms with van der Waals surface area (Å²) < 4.78 is 5.60. The van der Waals surface area contributed by atoms with Crippen LogP contribution >= 0.6 is 0 Å². The maximum atomic E-state index is 12.6. The molecule has 23 heavy (non-hydrogen) atoms. The Balaban J connectivity index is 1.71. The normalized spacial score (nSPS) is 18.4. The molecule has 0 aromatic carbocycles. The maximum absolute atomic E-state index is 12.6. The van der Waals surface area contributed by atoms with E-state index in [1.807, 2.05) is 0 Å². The monoisotopic (exact) mass is 314 g/mol. The van der Waals surface area contributed by atoms with Crippen molar-refractivity contribution in [2.24, 2.45) is 5.92 Å². The summed E-state index contributed by atoms with van der Waals surface area (Å²) in [6.45, 7) is 2.17. The Hall–Kier alpha value is -2.54. The number of pyridine rings is 1. The Bertz CT molecular complexity index is 717. The maximum Gasteiger partial charge on any atom is 0.255 e. The van der Waals surface area contributed by atoms with Gasteiger partial charge in [-0.3, -0.25) is 14.6 Å². The molecule has 3 rings (SSSR count). The standard InChI is InChI=1S/C16H18N4O3/c21-15-7-14(18-11-19-15)6-12-9-20(4-5-23-10-12)16(22)13-2-1-3-17-8-13/h1-3,7-8,11-12H,4-6,9-10H2,(H,18,19,21)/t12-/m1/s1. The van der Waals surface area contributed by atoms with Crippen LogP contribution in [0.2, 0.25) is 0 Å². The van der Waals surface area contributed by atoms with Crippen LogP contribution in [0.4, 0.5) is 0 Å². The molecule has 1 N–H and O–H groups in total. The number of ether oxygens (including phenoxy) is 1. The van der Waals surface area contributed by atoms with Crippen LogP contribution in [-0.2, 0) is 11.2 Å². The van der Waals surface area contributed by atoms with Crippen LogP contribution in [0.25, 0.3) is 0 Å². The van der Waals surface area contributed by atoms with E-state index in [4.69, 9.17) is 4.74 Å². The smallest absolute Gasteiger partial charge is 0.255 e. The molecule has 1 atom stereocenters. The second-order valence-corrected chi connectivity index (χ2v) is 5.54. The number of hydrogen-bond donors (Lipinski definition) is 1. The molecular formula is C16H18N4O3. The fourth-order valence-electron chi connectivity index (χ4n) is 2.68. The van der Waals surface area contributed by atoms with E-state index in [-0.39, 0.29) is 17.4 Å². The van der Waals surface area contributed by atoms with Gasteiger partial charge >= 0.3 is 0 Å². The van der Waals surface area contributed by atoms with Crippen LogP contribution < -0.4 is 5.56 Å². The van der Waals surface area contributed by atoms with E-state index < -0.39 is 0 Å². The van der Waals surface area contributed by atoms with Crippen molar-refractivity contribution in [3.8, 4) is 0 Å². The summed E-state index contributed by atoms with van der Waals surface area (Å²) in [6, 6.07) is 4.99. The van der Waals surface area contributed by atoms with E-state index in [1.165, 1.54) is 12.4 Å². The predicted molar refractivity (Wildman–Crippen MR) is 83.0 cm³/mol. The van der Waals surface area contributed by atoms with Crippen LogP contribution in [0.15, 0.2) is 41.7 Å². The molecule has 7 heteroatoms. The molecule has 1 saturated heterocycles. The predicted octanol–water partition coefficient (Wildman–Crippen LogP) is 0.496. The average Bonchev–Trinajstić information content (AvgIpc) is 2.80. The van der Waals surface area contributed by atoms with Crippen LogP contribution in [0.1, 0.15) is 16.1 Å². The number of rotatable bonds is 3. The van der Waals surface area contributed by atoms with Crippen LogP contribution in [0.3, 0.4) is 0 Å². The Labute approximate surface area is 133 Å². The van der Waals surface area contributed by atoms with Crippen LogP contribution in [0, 0.1) is 5.92 Å². The summed E-state index contributed by atoms with van der Waals surface area (Å²) in [5.74, 6) is 0.0555. The second-order valence-electron chi connectivity index (χ2n) is 5.54. The number of nitrogens with zero attached hydrogens (tertiary/aromatic N) is 3. The lowest BCUT2D eigenvalue weighted by Gasteiger charge is -2.23. The second kappa shape index (κ2) is 7.15. The minimum Gasteiger partial charge on any atom is -0.379 e. The number of carbonyl (C=O) groups is 1. The highest BCUT2D eigenvalue weighted by Crippen LogP contribution is 2.14. The van der Waals surface area contributed by atoms with Gasteiger partial charge in [0.25, 0.3) is 11.5 Å². The number of aromatic amines is 1. The number of aromatic nitrogens is 3. The van der Waals surface area contributed by atoms with Crippen LogP contribution in [-0.4, -0.2) is 52.1 Å². The van der Waals surface area contributed by atoms with Gasteiger partial charge in [-0.1, -0.05) is 0 Å². The van der Waals surface area contributed by atoms with Gasteiger partial charge in [-0.05, 0) is 18.6 Å². The first kappa shape index (κ1) is 15.4. The van der Waals surface area contributed by atoms with Crippen molar-refractivity contribution in [3.63, 3.8) is 0 Å². The summed E-state index contributed by atoms with van der Waals surface area (Å²) in [7, 11) is 0. The van der Waals surface area contributed by atoms with E-state index >= 15 is 0 Å². The molecule has 2 aromatic rings. The Kier molecular flexibility index (Phi) is 4.77. The summed E-state index contributed by atoms with van der Waals surface area (Å²) in [5.41, 5.74) is 1.10. The zero-order valence-electron chi connectivity index (χ0n) is 12.6. The summed E-state index contributed by atoms with van der Waals surface area (Å²) in [6.07, 6.45) is 5.21. The third-order valence-electron chi connectivity index (χ3n) is 3.77. The van der Waals surface area contributed by atoms with Gasteiger partial charge in [0.15, 0.2) is 0 Å². The molecule has 0 aliphatic carbocycles. The number of nitrogens with one attached hydrogen (secondary N) is 1. The summed E-state index contributed by atoms with van der Waals surface area (Å²) in [4.78, 5) is 36.4. The summed E-state index contributed by atoms with van der Waals surface area (Å²) in [5, 5.41) is 0. The van der Waals surface area contributed by atoms with Gasteiger partial charge in [0.05, 0.1) is 25.1 Å². The molecule has 0 spiro atoms. The SMILES string of the molecule is O=C(c1cccnc1)N1CCOC[C@H](Cc2cc(=O)[nH]cn2)C1. The first-order valence-electron chi connectivity index (χ1n) is 7.53. The summed E-state index contributed by atoms with van der Waals surface area (Å²) >= 11 is 0. The van der Waals surface area contributed by atoms with Crippen molar-refractivity contribution in [1.29, 1.82) is 0 Å². The van der Waals surface area contributed by atoms with E-state index in [9.17, 15) is 9.59 Å². The lowest BCUT2D eigenvalue weighted by molar-refractivity contribution is 0.0737. The third-order valence-corrected chi connectivity index (χ3v) is 3.77. The van der Waals surface area contributed by atoms with Crippen molar-refractivity contribution in [3.05, 3.63) is 58.5 Å².